The van der Waals surface area contributed by atoms with E-state index in [4.69, 9.17) is 9.47 Å². The van der Waals surface area contributed by atoms with Crippen molar-refractivity contribution in [3.63, 3.8) is 0 Å². The van der Waals surface area contributed by atoms with Crippen LogP contribution in [0, 0.1) is 0 Å². The number of hydrogen-bond acceptors (Lipinski definition) is 2. The van der Waals surface area contributed by atoms with Crippen LogP contribution in [0.3, 0.4) is 0 Å². The van der Waals surface area contributed by atoms with Crippen LogP contribution in [-0.2, 0) is 0 Å². The minimum Gasteiger partial charge on any atom is -0.490 e. The lowest BCUT2D eigenvalue weighted by Gasteiger charge is -2.14. The second kappa shape index (κ2) is 10.6. The molecule has 2 nitrogen and oxygen atoms in total. The number of fused-ring (bicyclic) bond motifs is 1. The molecule has 1 heterocycles. The van der Waals surface area contributed by atoms with Gasteiger partial charge in [0.1, 0.15) is 23.9 Å². The van der Waals surface area contributed by atoms with E-state index in [0.717, 1.165) is 42.7 Å². The minimum atomic E-state index is 0.588. The summed E-state index contributed by atoms with van der Waals surface area (Å²) in [5.74, 6) is 2.35. The van der Waals surface area contributed by atoms with Gasteiger partial charge in [-0.25, -0.2) is 0 Å². The monoisotopic (exact) mass is 364 g/mol. The van der Waals surface area contributed by atoms with E-state index in [1.807, 2.05) is 30.4 Å². The average Bonchev–Trinajstić information content (AvgIpc) is 2.61. The molecule has 0 N–H and O–H groups in total. The van der Waals surface area contributed by atoms with E-state index < -0.39 is 0 Å². The first-order valence-electron chi connectivity index (χ1n) is 9.70. The van der Waals surface area contributed by atoms with Gasteiger partial charge in [0.2, 0.25) is 0 Å². The first kappa shape index (κ1) is 20.8. The summed E-state index contributed by atoms with van der Waals surface area (Å²) >= 11 is 0. The van der Waals surface area contributed by atoms with Crippen LogP contribution in [-0.4, -0.2) is 6.61 Å². The van der Waals surface area contributed by atoms with Gasteiger partial charge in [-0.05, 0) is 89.8 Å². The second-order valence-electron chi connectivity index (χ2n) is 7.37. The SMILES string of the molecule is C=C1C=Cc2cc(OC/C=C(\C)CC/C=C(\C)CCC=C(C)C)ccc2O1. The van der Waals surface area contributed by atoms with Gasteiger partial charge < -0.3 is 9.47 Å². The Bertz CT molecular complexity index is 772. The van der Waals surface area contributed by atoms with Crippen molar-refractivity contribution in [3.05, 3.63) is 77.1 Å². The summed E-state index contributed by atoms with van der Waals surface area (Å²) < 4.78 is 11.4. The van der Waals surface area contributed by atoms with Crippen LogP contribution in [0.5, 0.6) is 11.5 Å². The molecule has 0 fully saturated rings. The maximum Gasteiger partial charge on any atom is 0.134 e. The van der Waals surface area contributed by atoms with Crippen molar-refractivity contribution >= 4 is 6.08 Å². The summed E-state index contributed by atoms with van der Waals surface area (Å²) in [5.41, 5.74) is 5.26. The maximum atomic E-state index is 5.86. The standard InChI is InChI=1S/C25H32O2/c1-19(2)8-6-9-20(3)10-7-11-21(4)16-17-26-24-14-15-25-23(18-24)13-12-22(5)27-25/h8,10,12-16,18H,5-7,9,11,17H2,1-4H3/b20-10+,21-16+. The Morgan fingerprint density at radius 3 is 2.41 bits per heavy atom. The summed E-state index contributed by atoms with van der Waals surface area (Å²) in [5, 5.41) is 0. The first-order chi connectivity index (χ1) is 12.9. The molecule has 144 valence electrons. The maximum absolute atomic E-state index is 5.86. The predicted molar refractivity (Wildman–Crippen MR) is 116 cm³/mol. The highest BCUT2D eigenvalue weighted by molar-refractivity contribution is 5.64. The molecule has 1 aliphatic heterocycles. The molecule has 0 unspecified atom stereocenters. The lowest BCUT2D eigenvalue weighted by atomic mass is 10.1. The molecule has 0 aliphatic carbocycles. The molecule has 2 heteroatoms. The normalized spacial score (nSPS) is 13.9. The van der Waals surface area contributed by atoms with Gasteiger partial charge in [-0.15, -0.1) is 0 Å². The molecule has 1 aromatic carbocycles. The van der Waals surface area contributed by atoms with Crippen molar-refractivity contribution in [1.82, 2.24) is 0 Å². The van der Waals surface area contributed by atoms with Crippen LogP contribution in [0.4, 0.5) is 0 Å². The van der Waals surface area contributed by atoms with E-state index >= 15 is 0 Å². The third-order valence-corrected chi connectivity index (χ3v) is 4.48. The highest BCUT2D eigenvalue weighted by Gasteiger charge is 2.08. The molecule has 0 spiro atoms. The topological polar surface area (TPSA) is 18.5 Å². The molecule has 0 bridgehead atoms. The summed E-state index contributed by atoms with van der Waals surface area (Å²) in [4.78, 5) is 0. The Morgan fingerprint density at radius 1 is 0.963 bits per heavy atom. The Balaban J connectivity index is 1.74. The predicted octanol–water partition coefficient (Wildman–Crippen LogP) is 7.40. The molecule has 1 aromatic rings. The molecule has 0 saturated carbocycles. The molecule has 0 radical (unpaired) electrons. The number of hydrogen-bond donors (Lipinski definition) is 0. The summed E-state index contributed by atoms with van der Waals surface area (Å²) in [6.45, 7) is 13.1. The molecule has 0 saturated heterocycles. The van der Waals surface area contributed by atoms with Crippen LogP contribution >= 0.6 is 0 Å². The zero-order chi connectivity index (χ0) is 19.6. The van der Waals surface area contributed by atoms with E-state index in [2.05, 4.69) is 52.5 Å². The van der Waals surface area contributed by atoms with Gasteiger partial charge in [-0.3, -0.25) is 0 Å². The van der Waals surface area contributed by atoms with E-state index in [1.54, 1.807) is 0 Å². The van der Waals surface area contributed by atoms with Crippen molar-refractivity contribution in [2.75, 3.05) is 6.61 Å². The van der Waals surface area contributed by atoms with E-state index in [1.165, 1.54) is 16.7 Å². The molecule has 0 amide bonds. The molecular formula is C25H32O2. The minimum absolute atomic E-state index is 0.588. The molecule has 2 rings (SSSR count). The molecule has 1 aliphatic rings. The zero-order valence-corrected chi connectivity index (χ0v) is 17.2. The van der Waals surface area contributed by atoms with Crippen molar-refractivity contribution < 1.29 is 9.47 Å². The van der Waals surface area contributed by atoms with E-state index in [9.17, 15) is 0 Å². The smallest absolute Gasteiger partial charge is 0.134 e. The van der Waals surface area contributed by atoms with Gasteiger partial charge in [0, 0.05) is 5.56 Å². The van der Waals surface area contributed by atoms with Crippen LogP contribution in [0.2, 0.25) is 0 Å². The van der Waals surface area contributed by atoms with E-state index in [0.29, 0.717) is 12.4 Å². The number of ether oxygens (including phenoxy) is 2. The van der Waals surface area contributed by atoms with Crippen LogP contribution < -0.4 is 9.47 Å². The van der Waals surface area contributed by atoms with Gasteiger partial charge >= 0.3 is 0 Å². The van der Waals surface area contributed by atoms with Crippen molar-refractivity contribution in [2.24, 2.45) is 0 Å². The summed E-state index contributed by atoms with van der Waals surface area (Å²) in [7, 11) is 0. The van der Waals surface area contributed by atoms with E-state index in [-0.39, 0.29) is 0 Å². The Kier molecular flexibility index (Phi) is 8.19. The molecule has 0 aromatic heterocycles. The van der Waals surface area contributed by atoms with Gasteiger partial charge in [-0.2, -0.15) is 0 Å². The highest BCUT2D eigenvalue weighted by Crippen LogP contribution is 2.30. The van der Waals surface area contributed by atoms with Crippen LogP contribution in [0.15, 0.2) is 71.6 Å². The van der Waals surface area contributed by atoms with Gasteiger partial charge in [0.05, 0.1) is 0 Å². The fourth-order valence-electron chi connectivity index (χ4n) is 2.82. The Labute approximate surface area is 164 Å². The summed E-state index contributed by atoms with van der Waals surface area (Å²) in [6.07, 6.45) is 15.2. The van der Waals surface area contributed by atoms with Crippen LogP contribution in [0.1, 0.15) is 58.9 Å². The Morgan fingerprint density at radius 2 is 1.67 bits per heavy atom. The lowest BCUT2D eigenvalue weighted by Crippen LogP contribution is -1.99. The second-order valence-corrected chi connectivity index (χ2v) is 7.37. The Hall–Kier alpha value is -2.48. The highest BCUT2D eigenvalue weighted by atomic mass is 16.5. The van der Waals surface area contributed by atoms with Crippen molar-refractivity contribution in [2.45, 2.75) is 53.4 Å². The fourth-order valence-corrected chi connectivity index (χ4v) is 2.82. The zero-order valence-electron chi connectivity index (χ0n) is 17.2. The van der Waals surface area contributed by atoms with Crippen LogP contribution in [0.25, 0.3) is 6.08 Å². The number of allylic oxidation sites excluding steroid dienone is 6. The third-order valence-electron chi connectivity index (χ3n) is 4.48. The first-order valence-corrected chi connectivity index (χ1v) is 9.70. The lowest BCUT2D eigenvalue weighted by molar-refractivity contribution is 0.360. The largest absolute Gasteiger partial charge is 0.490 e. The number of benzene rings is 1. The fraction of sp³-hybridized carbons (Fsp3) is 0.360. The third kappa shape index (κ3) is 7.74. The van der Waals surface area contributed by atoms with Crippen molar-refractivity contribution in [1.29, 1.82) is 0 Å². The average molecular weight is 365 g/mol. The molecule has 27 heavy (non-hydrogen) atoms. The summed E-state index contributed by atoms with van der Waals surface area (Å²) in [6, 6.07) is 5.87. The number of rotatable bonds is 9. The van der Waals surface area contributed by atoms with Gasteiger partial charge in [0.15, 0.2) is 0 Å². The quantitative estimate of drug-likeness (QED) is 0.425. The van der Waals surface area contributed by atoms with Crippen molar-refractivity contribution in [3.8, 4) is 11.5 Å². The van der Waals surface area contributed by atoms with Gasteiger partial charge in [-0.1, -0.05) is 35.5 Å². The van der Waals surface area contributed by atoms with Gasteiger partial charge in [0.25, 0.3) is 0 Å². The molecular weight excluding hydrogens is 332 g/mol. The molecule has 0 atom stereocenters.